The van der Waals surface area contributed by atoms with Crippen molar-refractivity contribution in [3.63, 3.8) is 0 Å². The first-order valence-electron chi connectivity index (χ1n) is 6.49. The Kier molecular flexibility index (Phi) is 4.37. The molecule has 8 heteroatoms. The number of carbonyl (C=O) groups is 1. The molecule has 1 aliphatic heterocycles. The van der Waals surface area contributed by atoms with Crippen molar-refractivity contribution < 1.29 is 22.4 Å². The predicted octanol–water partition coefficient (Wildman–Crippen LogP) is 1.79. The van der Waals surface area contributed by atoms with Crippen molar-refractivity contribution in [1.82, 2.24) is 4.90 Å². The van der Waals surface area contributed by atoms with Gasteiger partial charge in [0, 0.05) is 19.6 Å². The lowest BCUT2D eigenvalue weighted by Gasteiger charge is -2.18. The normalized spacial score (nSPS) is 22.5. The topological polar surface area (TPSA) is 70.1 Å². The minimum Gasteiger partial charge on any atom is -0.369 e. The number of benzene rings is 1. The third kappa shape index (κ3) is 3.36. The quantitative estimate of drug-likeness (QED) is 0.865. The number of hydrogen-bond acceptors (Lipinski definition) is 3. The summed E-state index contributed by atoms with van der Waals surface area (Å²) in [6.45, 7) is -0.432. The first-order chi connectivity index (χ1) is 10.2. The van der Waals surface area contributed by atoms with Crippen LogP contribution in [0.1, 0.15) is 11.1 Å². The first-order valence-corrected chi connectivity index (χ1v) is 6.49. The van der Waals surface area contributed by atoms with E-state index in [1.54, 1.807) is 6.07 Å². The molecule has 0 aromatic heterocycles. The van der Waals surface area contributed by atoms with Crippen LogP contribution in [-0.2, 0) is 11.3 Å². The Morgan fingerprint density at radius 3 is 2.55 bits per heavy atom. The number of primary amides is 1. The molecule has 0 saturated carbocycles. The number of nitrogens with zero attached hydrogens (tertiary/aromatic N) is 2. The van der Waals surface area contributed by atoms with Crippen LogP contribution in [0.3, 0.4) is 0 Å². The molecule has 1 saturated heterocycles. The largest absolute Gasteiger partial charge is 0.393 e. The molecule has 2 N–H and O–H groups in total. The molecule has 1 aliphatic rings. The highest BCUT2D eigenvalue weighted by Crippen LogP contribution is 2.37. The monoisotopic (exact) mass is 315 g/mol. The molecule has 0 bridgehead atoms. The fourth-order valence-corrected chi connectivity index (χ4v) is 2.64. The SMILES string of the molecule is N#Cc1ccc(CN2C[C@@H](C(F)(F)F)[C@H](C(N)=O)C2)cc1F. The maximum absolute atomic E-state index is 13.5. The van der Waals surface area contributed by atoms with Gasteiger partial charge in [0.15, 0.2) is 0 Å². The number of nitriles is 1. The van der Waals surface area contributed by atoms with Crippen LogP contribution < -0.4 is 5.73 Å². The van der Waals surface area contributed by atoms with Gasteiger partial charge in [-0.05, 0) is 17.7 Å². The lowest BCUT2D eigenvalue weighted by atomic mass is 9.95. The van der Waals surface area contributed by atoms with Crippen molar-refractivity contribution in [2.75, 3.05) is 13.1 Å². The van der Waals surface area contributed by atoms with Gasteiger partial charge in [-0.25, -0.2) is 4.39 Å². The van der Waals surface area contributed by atoms with Crippen LogP contribution in [0.15, 0.2) is 18.2 Å². The van der Waals surface area contributed by atoms with Crippen molar-refractivity contribution >= 4 is 5.91 Å². The Morgan fingerprint density at radius 1 is 1.41 bits per heavy atom. The van der Waals surface area contributed by atoms with E-state index in [9.17, 15) is 22.4 Å². The number of alkyl halides is 3. The van der Waals surface area contributed by atoms with Gasteiger partial charge < -0.3 is 5.73 Å². The number of rotatable bonds is 3. The zero-order valence-electron chi connectivity index (χ0n) is 11.4. The number of carbonyl (C=O) groups excluding carboxylic acids is 1. The molecule has 22 heavy (non-hydrogen) atoms. The minimum atomic E-state index is -4.51. The zero-order valence-corrected chi connectivity index (χ0v) is 11.4. The first kappa shape index (κ1) is 16.2. The molecule has 0 spiro atoms. The van der Waals surface area contributed by atoms with Crippen molar-refractivity contribution in [1.29, 1.82) is 5.26 Å². The molecule has 1 aromatic rings. The van der Waals surface area contributed by atoms with E-state index in [4.69, 9.17) is 11.0 Å². The molecule has 4 nitrogen and oxygen atoms in total. The maximum atomic E-state index is 13.5. The molecular formula is C14H13F4N3O. The van der Waals surface area contributed by atoms with E-state index in [0.717, 1.165) is 6.07 Å². The van der Waals surface area contributed by atoms with Gasteiger partial charge in [-0.3, -0.25) is 9.69 Å². The fraction of sp³-hybridized carbons (Fsp3) is 0.429. The molecule has 1 heterocycles. The summed E-state index contributed by atoms with van der Waals surface area (Å²) < 4.78 is 52.2. The summed E-state index contributed by atoms with van der Waals surface area (Å²) in [4.78, 5) is 12.6. The van der Waals surface area contributed by atoms with Crippen molar-refractivity contribution in [3.05, 3.63) is 35.1 Å². The number of nitrogens with two attached hydrogens (primary N) is 1. The standard InChI is InChI=1S/C14H13F4N3O/c15-12-3-8(1-2-9(12)4-19)5-21-6-10(13(20)22)11(7-21)14(16,17)18/h1-3,10-11H,5-7H2,(H2,20,22)/t10-,11-/m1/s1. The van der Waals surface area contributed by atoms with Gasteiger partial charge in [0.2, 0.25) is 5.91 Å². The summed E-state index contributed by atoms with van der Waals surface area (Å²) in [7, 11) is 0. The number of hydrogen-bond donors (Lipinski definition) is 1. The van der Waals surface area contributed by atoms with Gasteiger partial charge in [-0.1, -0.05) is 6.07 Å². The van der Waals surface area contributed by atoms with Crippen LogP contribution >= 0.6 is 0 Å². The summed E-state index contributed by atoms with van der Waals surface area (Å²) >= 11 is 0. The van der Waals surface area contributed by atoms with Crippen LogP contribution in [0.5, 0.6) is 0 Å². The summed E-state index contributed by atoms with van der Waals surface area (Å²) in [6, 6.07) is 5.52. The third-order valence-electron chi connectivity index (χ3n) is 3.74. The summed E-state index contributed by atoms with van der Waals surface area (Å²) in [5.41, 5.74) is 5.34. The lowest BCUT2D eigenvalue weighted by molar-refractivity contribution is -0.182. The molecular weight excluding hydrogens is 302 g/mol. The van der Waals surface area contributed by atoms with Gasteiger partial charge in [-0.15, -0.1) is 0 Å². The second-order valence-corrected chi connectivity index (χ2v) is 5.28. The number of amides is 1. The molecule has 2 rings (SSSR count). The lowest BCUT2D eigenvalue weighted by Crippen LogP contribution is -2.37. The second kappa shape index (κ2) is 5.93. The van der Waals surface area contributed by atoms with Crippen molar-refractivity contribution in [3.8, 4) is 6.07 Å². The Bertz CT molecular complexity index is 623. The highest BCUT2D eigenvalue weighted by Gasteiger charge is 2.51. The molecule has 1 amide bonds. The highest BCUT2D eigenvalue weighted by molar-refractivity contribution is 5.77. The fourth-order valence-electron chi connectivity index (χ4n) is 2.64. The van der Waals surface area contributed by atoms with Gasteiger partial charge in [0.05, 0.1) is 17.4 Å². The smallest absolute Gasteiger partial charge is 0.369 e. The van der Waals surface area contributed by atoms with E-state index in [1.165, 1.54) is 17.0 Å². The van der Waals surface area contributed by atoms with E-state index in [-0.39, 0.29) is 25.2 Å². The van der Waals surface area contributed by atoms with Crippen molar-refractivity contribution in [2.45, 2.75) is 12.7 Å². The van der Waals surface area contributed by atoms with Crippen LogP contribution in [0.2, 0.25) is 0 Å². The van der Waals surface area contributed by atoms with E-state index in [2.05, 4.69) is 0 Å². The Morgan fingerprint density at radius 2 is 2.09 bits per heavy atom. The summed E-state index contributed by atoms with van der Waals surface area (Å²) in [5, 5.41) is 8.64. The van der Waals surface area contributed by atoms with Crippen LogP contribution in [0, 0.1) is 29.0 Å². The van der Waals surface area contributed by atoms with Gasteiger partial charge in [0.1, 0.15) is 11.9 Å². The highest BCUT2D eigenvalue weighted by atomic mass is 19.4. The van der Waals surface area contributed by atoms with E-state index in [1.807, 2.05) is 0 Å². The average molecular weight is 315 g/mol. The maximum Gasteiger partial charge on any atom is 0.393 e. The predicted molar refractivity (Wildman–Crippen MR) is 68.6 cm³/mol. The summed E-state index contributed by atoms with van der Waals surface area (Å²) in [5.74, 6) is -4.83. The van der Waals surface area contributed by atoms with Gasteiger partial charge in [0.25, 0.3) is 0 Å². The number of likely N-dealkylation sites (tertiary alicyclic amines) is 1. The third-order valence-corrected chi connectivity index (χ3v) is 3.74. The van der Waals surface area contributed by atoms with Crippen molar-refractivity contribution in [2.24, 2.45) is 17.6 Å². The molecule has 0 aliphatic carbocycles. The molecule has 2 atom stereocenters. The van der Waals surface area contributed by atoms with Gasteiger partial charge >= 0.3 is 6.18 Å². The van der Waals surface area contributed by atoms with E-state index in [0.29, 0.717) is 5.56 Å². The summed E-state index contributed by atoms with van der Waals surface area (Å²) in [6.07, 6.45) is -4.51. The molecule has 1 aromatic carbocycles. The Balaban J connectivity index is 2.13. The molecule has 0 unspecified atom stereocenters. The Hall–Kier alpha value is -2.14. The average Bonchev–Trinajstić information content (AvgIpc) is 2.83. The zero-order chi connectivity index (χ0) is 16.5. The molecule has 0 radical (unpaired) electrons. The molecule has 118 valence electrons. The Labute approximate surface area is 124 Å². The van der Waals surface area contributed by atoms with Crippen LogP contribution in [-0.4, -0.2) is 30.1 Å². The number of halogens is 4. The van der Waals surface area contributed by atoms with Crippen LogP contribution in [0.4, 0.5) is 17.6 Å². The molecule has 1 fully saturated rings. The van der Waals surface area contributed by atoms with Gasteiger partial charge in [-0.2, -0.15) is 18.4 Å². The van der Waals surface area contributed by atoms with E-state index < -0.39 is 29.7 Å². The van der Waals surface area contributed by atoms with E-state index >= 15 is 0 Å². The second-order valence-electron chi connectivity index (χ2n) is 5.28. The van der Waals surface area contributed by atoms with Crippen LogP contribution in [0.25, 0.3) is 0 Å². The minimum absolute atomic E-state index is 0.0546.